The number of alkyl halides is 1. The Morgan fingerprint density at radius 2 is 2.12 bits per heavy atom. The standard InChI is InChI=1S/C14H15ClN2/c15-7-6-14-16-9-13(17-14)12-5-4-10-2-1-3-11(10)8-12/h4-5,8-9H,1-3,6-7H2,(H,16,17). The highest BCUT2D eigenvalue weighted by Gasteiger charge is 2.12. The minimum absolute atomic E-state index is 0.608. The summed E-state index contributed by atoms with van der Waals surface area (Å²) in [6, 6.07) is 6.72. The number of aromatic amines is 1. The molecule has 1 aliphatic rings. The molecule has 1 aromatic heterocycles. The first kappa shape index (κ1) is 10.8. The molecule has 3 rings (SSSR count). The number of halogens is 1. The van der Waals surface area contributed by atoms with E-state index in [2.05, 4.69) is 28.2 Å². The van der Waals surface area contributed by atoms with Crippen LogP contribution < -0.4 is 0 Å². The number of rotatable bonds is 3. The number of nitrogens with zero attached hydrogens (tertiary/aromatic N) is 1. The average Bonchev–Trinajstić information content (AvgIpc) is 2.96. The molecule has 2 aromatic rings. The molecule has 0 amide bonds. The van der Waals surface area contributed by atoms with Crippen molar-refractivity contribution in [1.82, 2.24) is 9.97 Å². The predicted octanol–water partition coefficient (Wildman–Crippen LogP) is 3.35. The maximum atomic E-state index is 5.71. The number of fused-ring (bicyclic) bond motifs is 1. The van der Waals surface area contributed by atoms with E-state index in [1.165, 1.54) is 36.0 Å². The van der Waals surface area contributed by atoms with Gasteiger partial charge in [-0.3, -0.25) is 0 Å². The van der Waals surface area contributed by atoms with Gasteiger partial charge in [0.2, 0.25) is 0 Å². The summed E-state index contributed by atoms with van der Waals surface area (Å²) in [4.78, 5) is 7.66. The zero-order valence-electron chi connectivity index (χ0n) is 9.67. The quantitative estimate of drug-likeness (QED) is 0.827. The molecule has 0 saturated carbocycles. The van der Waals surface area contributed by atoms with E-state index in [1.807, 2.05) is 6.20 Å². The van der Waals surface area contributed by atoms with E-state index in [-0.39, 0.29) is 0 Å². The monoisotopic (exact) mass is 246 g/mol. The number of imidazole rings is 1. The van der Waals surface area contributed by atoms with Crippen molar-refractivity contribution in [3.8, 4) is 11.3 Å². The Balaban J connectivity index is 1.92. The molecule has 0 radical (unpaired) electrons. The smallest absolute Gasteiger partial charge is 0.107 e. The van der Waals surface area contributed by atoms with Crippen molar-refractivity contribution in [2.24, 2.45) is 0 Å². The molecule has 0 unspecified atom stereocenters. The molecular weight excluding hydrogens is 232 g/mol. The number of aryl methyl sites for hydroxylation is 3. The molecule has 1 heterocycles. The topological polar surface area (TPSA) is 28.7 Å². The Labute approximate surface area is 106 Å². The van der Waals surface area contributed by atoms with Crippen LogP contribution >= 0.6 is 11.6 Å². The van der Waals surface area contributed by atoms with Crippen LogP contribution in [0.4, 0.5) is 0 Å². The van der Waals surface area contributed by atoms with Gasteiger partial charge in [0.05, 0.1) is 11.9 Å². The Morgan fingerprint density at radius 3 is 3.00 bits per heavy atom. The van der Waals surface area contributed by atoms with E-state index in [0.717, 1.165) is 17.9 Å². The fourth-order valence-corrected chi connectivity index (χ4v) is 2.64. The van der Waals surface area contributed by atoms with Gasteiger partial charge in [-0.15, -0.1) is 11.6 Å². The first-order valence-electron chi connectivity index (χ1n) is 6.09. The SMILES string of the molecule is ClCCc1ncc(-c2ccc3c(c2)CCC3)[nH]1. The van der Waals surface area contributed by atoms with Crippen molar-refractivity contribution in [1.29, 1.82) is 0 Å². The van der Waals surface area contributed by atoms with Crippen molar-refractivity contribution in [3.05, 3.63) is 41.3 Å². The number of aromatic nitrogens is 2. The molecule has 1 aliphatic carbocycles. The van der Waals surface area contributed by atoms with E-state index in [4.69, 9.17) is 11.6 Å². The van der Waals surface area contributed by atoms with Crippen LogP contribution in [0.15, 0.2) is 24.4 Å². The van der Waals surface area contributed by atoms with Gasteiger partial charge in [0.1, 0.15) is 5.82 Å². The minimum Gasteiger partial charge on any atom is -0.342 e. The van der Waals surface area contributed by atoms with Crippen molar-refractivity contribution >= 4 is 11.6 Å². The number of benzene rings is 1. The lowest BCUT2D eigenvalue weighted by molar-refractivity contribution is 0.912. The minimum atomic E-state index is 0.608. The maximum Gasteiger partial charge on any atom is 0.107 e. The molecule has 0 atom stereocenters. The normalized spacial score (nSPS) is 13.9. The van der Waals surface area contributed by atoms with Gasteiger partial charge in [-0.1, -0.05) is 12.1 Å². The van der Waals surface area contributed by atoms with Gasteiger partial charge in [0, 0.05) is 12.3 Å². The maximum absolute atomic E-state index is 5.71. The summed E-state index contributed by atoms with van der Waals surface area (Å²) in [7, 11) is 0. The van der Waals surface area contributed by atoms with E-state index < -0.39 is 0 Å². The second kappa shape index (κ2) is 4.53. The number of H-pyrrole nitrogens is 1. The van der Waals surface area contributed by atoms with E-state index in [0.29, 0.717) is 5.88 Å². The van der Waals surface area contributed by atoms with Crippen LogP contribution in [0.2, 0.25) is 0 Å². The first-order chi connectivity index (χ1) is 8.36. The Hall–Kier alpha value is -1.28. The Morgan fingerprint density at radius 1 is 1.24 bits per heavy atom. The third-order valence-corrected chi connectivity index (χ3v) is 3.56. The van der Waals surface area contributed by atoms with Gasteiger partial charge in [0.25, 0.3) is 0 Å². The summed E-state index contributed by atoms with van der Waals surface area (Å²) >= 11 is 5.71. The van der Waals surface area contributed by atoms with Crippen LogP contribution in [-0.2, 0) is 19.3 Å². The molecule has 0 bridgehead atoms. The Kier molecular flexibility index (Phi) is 2.89. The Bertz CT molecular complexity index is 531. The molecule has 0 aliphatic heterocycles. The van der Waals surface area contributed by atoms with Crippen LogP contribution in [-0.4, -0.2) is 15.8 Å². The molecule has 1 aromatic carbocycles. The van der Waals surface area contributed by atoms with Gasteiger partial charge in [-0.05, 0) is 42.0 Å². The molecule has 1 N–H and O–H groups in total. The molecule has 2 nitrogen and oxygen atoms in total. The highest BCUT2D eigenvalue weighted by molar-refractivity contribution is 6.17. The summed E-state index contributed by atoms with van der Waals surface area (Å²) in [6.07, 6.45) is 6.44. The molecule has 0 saturated heterocycles. The number of hydrogen-bond acceptors (Lipinski definition) is 1. The summed E-state index contributed by atoms with van der Waals surface area (Å²) < 4.78 is 0. The molecule has 0 fully saturated rings. The second-order valence-electron chi connectivity index (χ2n) is 4.52. The zero-order valence-corrected chi connectivity index (χ0v) is 10.4. The highest BCUT2D eigenvalue weighted by Crippen LogP contribution is 2.27. The van der Waals surface area contributed by atoms with Gasteiger partial charge < -0.3 is 4.98 Å². The lowest BCUT2D eigenvalue weighted by Gasteiger charge is -2.02. The largest absolute Gasteiger partial charge is 0.342 e. The number of hydrogen-bond donors (Lipinski definition) is 1. The van der Waals surface area contributed by atoms with E-state index >= 15 is 0 Å². The summed E-state index contributed by atoms with van der Waals surface area (Å²) in [5.41, 5.74) is 5.34. The fourth-order valence-electron chi connectivity index (χ4n) is 2.47. The second-order valence-corrected chi connectivity index (χ2v) is 4.90. The van der Waals surface area contributed by atoms with Gasteiger partial charge in [-0.2, -0.15) is 0 Å². The van der Waals surface area contributed by atoms with Gasteiger partial charge in [0.15, 0.2) is 0 Å². The summed E-state index contributed by atoms with van der Waals surface area (Å²) in [5, 5.41) is 0. The van der Waals surface area contributed by atoms with Crippen LogP contribution in [0.25, 0.3) is 11.3 Å². The van der Waals surface area contributed by atoms with Crippen molar-refractivity contribution in [2.75, 3.05) is 5.88 Å². The highest BCUT2D eigenvalue weighted by atomic mass is 35.5. The lowest BCUT2D eigenvalue weighted by Crippen LogP contribution is -1.89. The van der Waals surface area contributed by atoms with Crippen LogP contribution in [0.3, 0.4) is 0 Å². The average molecular weight is 247 g/mol. The third kappa shape index (κ3) is 2.09. The van der Waals surface area contributed by atoms with Crippen molar-refractivity contribution in [2.45, 2.75) is 25.7 Å². The zero-order chi connectivity index (χ0) is 11.7. The van der Waals surface area contributed by atoms with Crippen LogP contribution in [0, 0.1) is 0 Å². The predicted molar refractivity (Wildman–Crippen MR) is 70.5 cm³/mol. The van der Waals surface area contributed by atoms with E-state index in [9.17, 15) is 0 Å². The van der Waals surface area contributed by atoms with E-state index in [1.54, 1.807) is 0 Å². The molecule has 3 heteroatoms. The summed E-state index contributed by atoms with van der Waals surface area (Å²) in [5.74, 6) is 1.58. The third-order valence-electron chi connectivity index (χ3n) is 3.37. The van der Waals surface area contributed by atoms with Crippen LogP contribution in [0.5, 0.6) is 0 Å². The van der Waals surface area contributed by atoms with Gasteiger partial charge >= 0.3 is 0 Å². The fraction of sp³-hybridized carbons (Fsp3) is 0.357. The van der Waals surface area contributed by atoms with Crippen molar-refractivity contribution < 1.29 is 0 Å². The van der Waals surface area contributed by atoms with Crippen molar-refractivity contribution in [3.63, 3.8) is 0 Å². The first-order valence-corrected chi connectivity index (χ1v) is 6.62. The number of nitrogens with one attached hydrogen (secondary N) is 1. The molecule has 88 valence electrons. The summed E-state index contributed by atoms with van der Waals surface area (Å²) in [6.45, 7) is 0. The van der Waals surface area contributed by atoms with Crippen LogP contribution in [0.1, 0.15) is 23.4 Å². The lowest BCUT2D eigenvalue weighted by atomic mass is 10.1. The van der Waals surface area contributed by atoms with Gasteiger partial charge in [-0.25, -0.2) is 4.98 Å². The molecule has 0 spiro atoms. The molecule has 17 heavy (non-hydrogen) atoms. The molecular formula is C14H15ClN2.